The topological polar surface area (TPSA) is 49.4 Å². The predicted molar refractivity (Wildman–Crippen MR) is 95.4 cm³/mol. The Morgan fingerprint density at radius 1 is 1.17 bits per heavy atom. The molecule has 6 heteroatoms. The van der Waals surface area contributed by atoms with Gasteiger partial charge < -0.3 is 10.2 Å². The molecule has 1 aliphatic rings. The first-order valence-corrected chi connectivity index (χ1v) is 9.46. The fourth-order valence-corrected chi connectivity index (χ4v) is 4.13. The summed E-state index contributed by atoms with van der Waals surface area (Å²) in [7, 11) is 0. The van der Waals surface area contributed by atoms with Crippen LogP contribution in [0.3, 0.4) is 0 Å². The van der Waals surface area contributed by atoms with Crippen molar-refractivity contribution >= 4 is 40.6 Å². The molecular formula is C17H18N2O2S2. The van der Waals surface area contributed by atoms with E-state index in [0.717, 1.165) is 29.3 Å². The van der Waals surface area contributed by atoms with Crippen LogP contribution in [0.5, 0.6) is 0 Å². The summed E-state index contributed by atoms with van der Waals surface area (Å²) in [5.74, 6) is 0.974. The second kappa shape index (κ2) is 7.66. The maximum atomic E-state index is 12.5. The van der Waals surface area contributed by atoms with Crippen molar-refractivity contribution in [2.75, 3.05) is 23.7 Å². The van der Waals surface area contributed by atoms with Gasteiger partial charge in [-0.2, -0.15) is 0 Å². The van der Waals surface area contributed by atoms with Crippen LogP contribution in [0.15, 0.2) is 46.7 Å². The Balaban J connectivity index is 1.59. The van der Waals surface area contributed by atoms with Crippen molar-refractivity contribution < 1.29 is 9.59 Å². The second-order valence-electron chi connectivity index (χ2n) is 5.20. The molecule has 0 radical (unpaired) electrons. The zero-order chi connectivity index (χ0) is 16.1. The van der Waals surface area contributed by atoms with Gasteiger partial charge in [-0.15, -0.1) is 23.1 Å². The standard InChI is InChI=1S/C17H18N2O2S2/c20-16(8-9-18-17(21)15-7-3-11-23-15)19-10-4-12-22-14-6-2-1-5-13(14)19/h1-3,5-7,11H,4,8-10,12H2,(H,18,21). The molecule has 4 nitrogen and oxygen atoms in total. The number of hydrogen-bond donors (Lipinski definition) is 1. The van der Waals surface area contributed by atoms with E-state index in [-0.39, 0.29) is 11.8 Å². The van der Waals surface area contributed by atoms with Gasteiger partial charge in [-0.05, 0) is 35.8 Å². The summed E-state index contributed by atoms with van der Waals surface area (Å²) >= 11 is 3.20. The van der Waals surface area contributed by atoms with Gasteiger partial charge in [-0.25, -0.2) is 0 Å². The van der Waals surface area contributed by atoms with Crippen LogP contribution in [0.25, 0.3) is 0 Å². The van der Waals surface area contributed by atoms with Gasteiger partial charge in [0.2, 0.25) is 5.91 Å². The number of fused-ring (bicyclic) bond motifs is 1. The molecule has 0 saturated carbocycles. The Labute approximate surface area is 143 Å². The van der Waals surface area contributed by atoms with Gasteiger partial charge >= 0.3 is 0 Å². The van der Waals surface area contributed by atoms with Crippen LogP contribution in [0.1, 0.15) is 22.5 Å². The zero-order valence-corrected chi connectivity index (χ0v) is 14.3. The lowest BCUT2D eigenvalue weighted by atomic mass is 10.2. The number of para-hydroxylation sites is 1. The smallest absolute Gasteiger partial charge is 0.261 e. The Hall–Kier alpha value is -1.79. The van der Waals surface area contributed by atoms with Crippen LogP contribution < -0.4 is 10.2 Å². The first-order valence-electron chi connectivity index (χ1n) is 7.59. The van der Waals surface area contributed by atoms with E-state index < -0.39 is 0 Å². The molecule has 2 amide bonds. The van der Waals surface area contributed by atoms with Crippen molar-refractivity contribution in [3.63, 3.8) is 0 Å². The Morgan fingerprint density at radius 2 is 2.04 bits per heavy atom. The summed E-state index contributed by atoms with van der Waals surface area (Å²) in [6.45, 7) is 1.10. The molecule has 2 aromatic rings. The van der Waals surface area contributed by atoms with E-state index in [4.69, 9.17) is 0 Å². The molecule has 23 heavy (non-hydrogen) atoms. The van der Waals surface area contributed by atoms with Gasteiger partial charge in [-0.3, -0.25) is 9.59 Å². The average molecular weight is 346 g/mol. The number of hydrogen-bond acceptors (Lipinski definition) is 4. The van der Waals surface area contributed by atoms with Crippen LogP contribution in [0.4, 0.5) is 5.69 Å². The summed E-state index contributed by atoms with van der Waals surface area (Å²) in [5.41, 5.74) is 0.990. The largest absolute Gasteiger partial charge is 0.351 e. The fourth-order valence-electron chi connectivity index (χ4n) is 2.50. The van der Waals surface area contributed by atoms with Gasteiger partial charge in [0.05, 0.1) is 10.6 Å². The lowest BCUT2D eigenvalue weighted by Gasteiger charge is -2.22. The minimum atomic E-state index is -0.111. The third kappa shape index (κ3) is 3.95. The monoisotopic (exact) mass is 346 g/mol. The molecule has 1 aromatic heterocycles. The predicted octanol–water partition coefficient (Wildman–Crippen LogP) is 3.40. The van der Waals surface area contributed by atoms with E-state index >= 15 is 0 Å². The van der Waals surface area contributed by atoms with Gasteiger partial charge in [-0.1, -0.05) is 18.2 Å². The van der Waals surface area contributed by atoms with Gasteiger partial charge in [0.1, 0.15) is 0 Å². The minimum absolute atomic E-state index is 0.0615. The maximum Gasteiger partial charge on any atom is 0.261 e. The van der Waals surface area contributed by atoms with Crippen LogP contribution >= 0.6 is 23.1 Å². The molecule has 1 aromatic carbocycles. The quantitative estimate of drug-likeness (QED) is 0.923. The number of thiophene rings is 1. The zero-order valence-electron chi connectivity index (χ0n) is 12.7. The average Bonchev–Trinajstić information content (AvgIpc) is 3.01. The molecule has 0 spiro atoms. The minimum Gasteiger partial charge on any atom is -0.351 e. The number of anilines is 1. The van der Waals surface area contributed by atoms with E-state index in [2.05, 4.69) is 11.4 Å². The molecule has 0 unspecified atom stereocenters. The lowest BCUT2D eigenvalue weighted by molar-refractivity contribution is -0.118. The highest BCUT2D eigenvalue weighted by Crippen LogP contribution is 2.33. The van der Waals surface area contributed by atoms with Gasteiger partial charge in [0.25, 0.3) is 5.91 Å². The van der Waals surface area contributed by atoms with Gasteiger partial charge in [0, 0.05) is 24.4 Å². The van der Waals surface area contributed by atoms with Crippen molar-refractivity contribution in [3.8, 4) is 0 Å². The summed E-state index contributed by atoms with van der Waals surface area (Å²) in [4.78, 5) is 28.1. The van der Waals surface area contributed by atoms with E-state index in [1.54, 1.807) is 17.8 Å². The molecular weight excluding hydrogens is 328 g/mol. The first-order chi connectivity index (χ1) is 11.3. The molecule has 0 aliphatic carbocycles. The maximum absolute atomic E-state index is 12.5. The molecule has 2 heterocycles. The number of thioether (sulfide) groups is 1. The molecule has 0 bridgehead atoms. The number of carbonyl (C=O) groups excluding carboxylic acids is 2. The van der Waals surface area contributed by atoms with Crippen LogP contribution in [-0.2, 0) is 4.79 Å². The third-order valence-electron chi connectivity index (χ3n) is 3.61. The lowest BCUT2D eigenvalue weighted by Crippen LogP contribution is -2.35. The molecule has 120 valence electrons. The Kier molecular flexibility index (Phi) is 5.35. The van der Waals surface area contributed by atoms with E-state index in [0.29, 0.717) is 17.8 Å². The highest BCUT2D eigenvalue weighted by Gasteiger charge is 2.21. The van der Waals surface area contributed by atoms with Crippen molar-refractivity contribution in [2.24, 2.45) is 0 Å². The van der Waals surface area contributed by atoms with Crippen molar-refractivity contribution in [1.82, 2.24) is 5.32 Å². The fraction of sp³-hybridized carbons (Fsp3) is 0.294. The summed E-state index contributed by atoms with van der Waals surface area (Å²) in [6, 6.07) is 11.6. The van der Waals surface area contributed by atoms with E-state index in [1.165, 1.54) is 11.3 Å². The number of amides is 2. The molecule has 1 N–H and O–H groups in total. The number of carbonyl (C=O) groups is 2. The van der Waals surface area contributed by atoms with Crippen molar-refractivity contribution in [1.29, 1.82) is 0 Å². The third-order valence-corrected chi connectivity index (χ3v) is 5.63. The van der Waals surface area contributed by atoms with E-state index in [1.807, 2.05) is 34.5 Å². The van der Waals surface area contributed by atoms with Crippen molar-refractivity contribution in [2.45, 2.75) is 17.7 Å². The summed E-state index contributed by atoms with van der Waals surface area (Å²) < 4.78 is 0. The van der Waals surface area contributed by atoms with Gasteiger partial charge in [0.15, 0.2) is 0 Å². The molecule has 0 atom stereocenters. The Bertz CT molecular complexity index is 686. The van der Waals surface area contributed by atoms with Crippen molar-refractivity contribution in [3.05, 3.63) is 46.7 Å². The number of nitrogens with zero attached hydrogens (tertiary/aromatic N) is 1. The Morgan fingerprint density at radius 3 is 2.87 bits per heavy atom. The SMILES string of the molecule is O=C(NCCC(=O)N1CCCSc2ccccc21)c1cccs1. The van der Waals surface area contributed by atoms with Crippen LogP contribution in [0, 0.1) is 0 Å². The summed E-state index contributed by atoms with van der Waals surface area (Å²) in [5, 5.41) is 4.68. The van der Waals surface area contributed by atoms with Crippen LogP contribution in [-0.4, -0.2) is 30.7 Å². The number of rotatable bonds is 4. The molecule has 0 fully saturated rings. The number of nitrogens with one attached hydrogen (secondary N) is 1. The number of benzene rings is 1. The normalized spacial score (nSPS) is 14.0. The second-order valence-corrected chi connectivity index (χ2v) is 7.28. The van der Waals surface area contributed by atoms with Crippen LogP contribution in [0.2, 0.25) is 0 Å². The highest BCUT2D eigenvalue weighted by atomic mass is 32.2. The van der Waals surface area contributed by atoms with E-state index in [9.17, 15) is 9.59 Å². The summed E-state index contributed by atoms with van der Waals surface area (Å²) in [6.07, 6.45) is 1.29. The molecule has 1 aliphatic heterocycles. The first kappa shape index (κ1) is 16.1. The molecule has 0 saturated heterocycles. The molecule has 3 rings (SSSR count). The highest BCUT2D eigenvalue weighted by molar-refractivity contribution is 7.99.